The smallest absolute Gasteiger partial charge is 0.191 e. The Balaban J connectivity index is 2.45. The molecule has 4 heteroatoms. The highest BCUT2D eigenvalue weighted by Gasteiger charge is 2.08. The van der Waals surface area contributed by atoms with Gasteiger partial charge < -0.3 is 15.4 Å². The fourth-order valence-corrected chi connectivity index (χ4v) is 2.00. The molecule has 1 atom stereocenters. The fraction of sp³-hybridized carbons (Fsp3) is 0.611. The molecule has 0 aliphatic rings. The van der Waals surface area contributed by atoms with E-state index >= 15 is 0 Å². The van der Waals surface area contributed by atoms with Crippen molar-refractivity contribution in [3.05, 3.63) is 29.8 Å². The molecule has 0 aromatic heterocycles. The molecule has 22 heavy (non-hydrogen) atoms. The van der Waals surface area contributed by atoms with Crippen molar-refractivity contribution in [2.45, 2.75) is 46.6 Å². The largest absolute Gasteiger partial charge is 0.497 e. The molecule has 0 heterocycles. The van der Waals surface area contributed by atoms with Crippen LogP contribution in [0, 0.1) is 5.92 Å². The molecule has 0 amide bonds. The molecule has 124 valence electrons. The van der Waals surface area contributed by atoms with Gasteiger partial charge in [0.05, 0.1) is 7.11 Å². The molecule has 0 aliphatic heterocycles. The van der Waals surface area contributed by atoms with Crippen molar-refractivity contribution in [1.82, 2.24) is 10.6 Å². The van der Waals surface area contributed by atoms with Gasteiger partial charge in [0, 0.05) is 19.1 Å². The summed E-state index contributed by atoms with van der Waals surface area (Å²) in [7, 11) is 1.70. The monoisotopic (exact) mass is 305 g/mol. The molecule has 1 rings (SSSR count). The lowest BCUT2D eigenvalue weighted by Crippen LogP contribution is -2.44. The SMILES string of the molecule is CCNC(=NCCCc1cccc(OC)c1)NC(C)C(C)C. The van der Waals surface area contributed by atoms with E-state index in [1.54, 1.807) is 7.11 Å². The number of guanidine groups is 1. The van der Waals surface area contributed by atoms with E-state index in [0.29, 0.717) is 12.0 Å². The van der Waals surface area contributed by atoms with Crippen molar-refractivity contribution < 1.29 is 4.74 Å². The molecular weight excluding hydrogens is 274 g/mol. The standard InChI is InChI=1S/C18H31N3O/c1-6-19-18(21-15(4)14(2)3)20-12-8-10-16-9-7-11-17(13-16)22-5/h7,9,11,13-15H,6,8,10,12H2,1-5H3,(H2,19,20,21). The predicted molar refractivity (Wildman–Crippen MR) is 94.7 cm³/mol. The number of methoxy groups -OCH3 is 1. The van der Waals surface area contributed by atoms with Gasteiger partial charge in [-0.05, 0) is 50.3 Å². The number of rotatable bonds is 8. The first-order valence-corrected chi connectivity index (χ1v) is 8.24. The summed E-state index contributed by atoms with van der Waals surface area (Å²) in [5, 5.41) is 6.76. The van der Waals surface area contributed by atoms with E-state index in [0.717, 1.165) is 37.6 Å². The maximum atomic E-state index is 5.25. The van der Waals surface area contributed by atoms with Crippen LogP contribution in [0.5, 0.6) is 5.75 Å². The van der Waals surface area contributed by atoms with Gasteiger partial charge in [-0.25, -0.2) is 0 Å². The van der Waals surface area contributed by atoms with E-state index in [2.05, 4.69) is 55.5 Å². The first-order chi connectivity index (χ1) is 10.6. The summed E-state index contributed by atoms with van der Waals surface area (Å²) < 4.78 is 5.25. The van der Waals surface area contributed by atoms with Gasteiger partial charge in [0.25, 0.3) is 0 Å². The zero-order valence-corrected chi connectivity index (χ0v) is 14.6. The van der Waals surface area contributed by atoms with E-state index < -0.39 is 0 Å². The second-order valence-corrected chi connectivity index (χ2v) is 5.89. The molecule has 4 nitrogen and oxygen atoms in total. The van der Waals surface area contributed by atoms with Crippen LogP contribution < -0.4 is 15.4 Å². The second kappa shape index (κ2) is 10.1. The minimum atomic E-state index is 0.413. The quantitative estimate of drug-likeness (QED) is 0.440. The number of ether oxygens (including phenoxy) is 1. The van der Waals surface area contributed by atoms with Crippen molar-refractivity contribution in [3.8, 4) is 5.75 Å². The Kier molecular flexibility index (Phi) is 8.41. The molecule has 1 aromatic carbocycles. The van der Waals surface area contributed by atoms with Crippen molar-refractivity contribution in [2.75, 3.05) is 20.2 Å². The average Bonchev–Trinajstić information content (AvgIpc) is 2.51. The second-order valence-electron chi connectivity index (χ2n) is 5.89. The number of hydrogen-bond acceptors (Lipinski definition) is 2. The highest BCUT2D eigenvalue weighted by molar-refractivity contribution is 5.80. The third-order valence-corrected chi connectivity index (χ3v) is 3.74. The van der Waals surface area contributed by atoms with Gasteiger partial charge in [-0.1, -0.05) is 26.0 Å². The Bertz CT molecular complexity index is 457. The summed E-state index contributed by atoms with van der Waals surface area (Å²) in [4.78, 5) is 4.66. The van der Waals surface area contributed by atoms with Crippen LogP contribution in [0.4, 0.5) is 0 Å². The van der Waals surface area contributed by atoms with Crippen molar-refractivity contribution >= 4 is 5.96 Å². The van der Waals surface area contributed by atoms with Gasteiger partial charge in [-0.15, -0.1) is 0 Å². The zero-order chi connectivity index (χ0) is 16.4. The molecule has 0 spiro atoms. The zero-order valence-electron chi connectivity index (χ0n) is 14.6. The number of nitrogens with one attached hydrogen (secondary N) is 2. The molecule has 0 bridgehead atoms. The highest BCUT2D eigenvalue weighted by atomic mass is 16.5. The number of hydrogen-bond donors (Lipinski definition) is 2. The van der Waals surface area contributed by atoms with E-state index in [1.165, 1.54) is 5.56 Å². The van der Waals surface area contributed by atoms with Crippen LogP contribution in [-0.2, 0) is 6.42 Å². The number of aryl methyl sites for hydroxylation is 1. The summed E-state index contributed by atoms with van der Waals surface area (Å²) in [6, 6.07) is 8.65. The Morgan fingerprint density at radius 1 is 1.27 bits per heavy atom. The Labute approximate surface area is 135 Å². The van der Waals surface area contributed by atoms with Crippen LogP contribution >= 0.6 is 0 Å². The van der Waals surface area contributed by atoms with Gasteiger partial charge >= 0.3 is 0 Å². The van der Waals surface area contributed by atoms with Crippen LogP contribution in [0.3, 0.4) is 0 Å². The molecule has 0 radical (unpaired) electrons. The van der Waals surface area contributed by atoms with Crippen molar-refractivity contribution in [2.24, 2.45) is 10.9 Å². The van der Waals surface area contributed by atoms with Gasteiger partial charge in [0.1, 0.15) is 5.75 Å². The molecule has 0 saturated heterocycles. The lowest BCUT2D eigenvalue weighted by atomic mass is 10.1. The number of aliphatic imine (C=N–C) groups is 1. The Morgan fingerprint density at radius 2 is 2.05 bits per heavy atom. The highest BCUT2D eigenvalue weighted by Crippen LogP contribution is 2.13. The van der Waals surface area contributed by atoms with Gasteiger partial charge in [0.15, 0.2) is 5.96 Å². The van der Waals surface area contributed by atoms with Crippen molar-refractivity contribution in [3.63, 3.8) is 0 Å². The average molecular weight is 305 g/mol. The summed E-state index contributed by atoms with van der Waals surface area (Å²) in [6.45, 7) is 10.4. The molecule has 0 saturated carbocycles. The third-order valence-electron chi connectivity index (χ3n) is 3.74. The summed E-state index contributed by atoms with van der Waals surface area (Å²) >= 11 is 0. The maximum Gasteiger partial charge on any atom is 0.191 e. The van der Waals surface area contributed by atoms with Crippen LogP contribution in [0.25, 0.3) is 0 Å². The maximum absolute atomic E-state index is 5.25. The number of nitrogens with zero attached hydrogens (tertiary/aromatic N) is 1. The first kappa shape index (κ1) is 18.3. The predicted octanol–water partition coefficient (Wildman–Crippen LogP) is 3.23. The van der Waals surface area contributed by atoms with Gasteiger partial charge in [-0.2, -0.15) is 0 Å². The fourth-order valence-electron chi connectivity index (χ4n) is 2.00. The van der Waals surface area contributed by atoms with Crippen LogP contribution in [-0.4, -0.2) is 32.2 Å². The topological polar surface area (TPSA) is 45.7 Å². The molecule has 1 unspecified atom stereocenters. The minimum Gasteiger partial charge on any atom is -0.497 e. The van der Waals surface area contributed by atoms with E-state index in [1.807, 2.05) is 12.1 Å². The van der Waals surface area contributed by atoms with E-state index in [-0.39, 0.29) is 0 Å². The lowest BCUT2D eigenvalue weighted by molar-refractivity contribution is 0.414. The van der Waals surface area contributed by atoms with Crippen LogP contribution in [0.15, 0.2) is 29.3 Å². The number of benzene rings is 1. The molecular formula is C18H31N3O. The summed E-state index contributed by atoms with van der Waals surface area (Å²) in [5.41, 5.74) is 1.29. The first-order valence-electron chi connectivity index (χ1n) is 8.24. The van der Waals surface area contributed by atoms with E-state index in [4.69, 9.17) is 4.74 Å². The minimum absolute atomic E-state index is 0.413. The molecule has 2 N–H and O–H groups in total. The Morgan fingerprint density at radius 3 is 2.68 bits per heavy atom. The van der Waals surface area contributed by atoms with Crippen LogP contribution in [0.1, 0.15) is 39.7 Å². The van der Waals surface area contributed by atoms with Gasteiger partial charge in [0.2, 0.25) is 0 Å². The van der Waals surface area contributed by atoms with Gasteiger partial charge in [-0.3, -0.25) is 4.99 Å². The molecule has 0 aliphatic carbocycles. The molecule has 1 aromatic rings. The third kappa shape index (κ3) is 6.83. The summed E-state index contributed by atoms with van der Waals surface area (Å²) in [5.74, 6) is 2.41. The molecule has 0 fully saturated rings. The van der Waals surface area contributed by atoms with E-state index in [9.17, 15) is 0 Å². The Hall–Kier alpha value is -1.71. The van der Waals surface area contributed by atoms with Crippen molar-refractivity contribution in [1.29, 1.82) is 0 Å². The normalized spacial score (nSPS) is 13.1. The van der Waals surface area contributed by atoms with Crippen LogP contribution in [0.2, 0.25) is 0 Å². The summed E-state index contributed by atoms with van der Waals surface area (Å²) in [6.07, 6.45) is 2.04. The lowest BCUT2D eigenvalue weighted by Gasteiger charge is -2.20.